The summed E-state index contributed by atoms with van der Waals surface area (Å²) >= 11 is 5.83. The Hall–Kier alpha value is -3.25. The fourth-order valence-electron chi connectivity index (χ4n) is 2.76. The number of aromatic nitrogens is 3. The lowest BCUT2D eigenvalue weighted by molar-refractivity contribution is 0.463. The largest absolute Gasteiger partial charge is 0.439 e. The predicted molar refractivity (Wildman–Crippen MR) is 108 cm³/mol. The Morgan fingerprint density at radius 1 is 1.11 bits per heavy atom. The van der Waals surface area contributed by atoms with Gasteiger partial charge in [0.1, 0.15) is 5.75 Å². The predicted octanol–water partition coefficient (Wildman–Crippen LogP) is 4.61. The third-order valence-electron chi connectivity index (χ3n) is 4.20. The van der Waals surface area contributed by atoms with Crippen molar-refractivity contribution in [2.45, 2.75) is 6.54 Å². The molecule has 0 aliphatic heterocycles. The van der Waals surface area contributed by atoms with E-state index in [1.165, 1.54) is 0 Å². The summed E-state index contributed by atoms with van der Waals surface area (Å²) in [5.41, 5.74) is 9.60. The number of anilines is 2. The number of rotatable bonds is 5. The second-order valence-corrected chi connectivity index (χ2v) is 6.59. The van der Waals surface area contributed by atoms with E-state index in [9.17, 15) is 0 Å². The third kappa shape index (κ3) is 3.80. The Morgan fingerprint density at radius 2 is 1.93 bits per heavy atom. The van der Waals surface area contributed by atoms with Crippen LogP contribution in [-0.2, 0) is 13.6 Å². The van der Waals surface area contributed by atoms with Crippen LogP contribution in [0.1, 0.15) is 5.56 Å². The molecule has 4 aromatic rings. The molecular formula is C20H18ClN5O. The first-order valence-electron chi connectivity index (χ1n) is 8.43. The molecule has 2 aromatic heterocycles. The summed E-state index contributed by atoms with van der Waals surface area (Å²) in [6.07, 6.45) is 1.56. The van der Waals surface area contributed by atoms with Crippen LogP contribution < -0.4 is 15.8 Å². The summed E-state index contributed by atoms with van der Waals surface area (Å²) in [7, 11) is 1.97. The van der Waals surface area contributed by atoms with E-state index < -0.39 is 0 Å². The highest BCUT2D eigenvalue weighted by Crippen LogP contribution is 2.23. The summed E-state index contributed by atoms with van der Waals surface area (Å²) in [6.45, 7) is 0.645. The molecule has 27 heavy (non-hydrogen) atoms. The number of benzene rings is 2. The summed E-state index contributed by atoms with van der Waals surface area (Å²) in [5.74, 6) is 2.01. The lowest BCUT2D eigenvalue weighted by Gasteiger charge is -2.08. The van der Waals surface area contributed by atoms with Gasteiger partial charge in [0.15, 0.2) is 0 Å². The number of nitrogens with one attached hydrogen (secondary N) is 1. The number of pyridine rings is 1. The van der Waals surface area contributed by atoms with Crippen molar-refractivity contribution in [2.24, 2.45) is 7.05 Å². The number of nitrogens with zero attached hydrogens (tertiary/aromatic N) is 3. The van der Waals surface area contributed by atoms with Crippen molar-refractivity contribution in [1.82, 2.24) is 14.5 Å². The zero-order valence-corrected chi connectivity index (χ0v) is 15.4. The van der Waals surface area contributed by atoms with Crippen LogP contribution >= 0.6 is 11.6 Å². The van der Waals surface area contributed by atoms with Gasteiger partial charge in [0.2, 0.25) is 11.8 Å². The van der Waals surface area contributed by atoms with E-state index >= 15 is 0 Å². The molecule has 136 valence electrons. The smallest absolute Gasteiger partial charge is 0.219 e. The monoisotopic (exact) mass is 379 g/mol. The van der Waals surface area contributed by atoms with Gasteiger partial charge in [-0.3, -0.25) is 0 Å². The molecule has 2 heterocycles. The minimum absolute atomic E-state index is 0.504. The molecule has 7 heteroatoms. The maximum Gasteiger partial charge on any atom is 0.219 e. The van der Waals surface area contributed by atoms with Crippen molar-refractivity contribution in [3.05, 3.63) is 71.4 Å². The van der Waals surface area contributed by atoms with E-state index in [1.807, 2.05) is 54.1 Å². The molecule has 0 amide bonds. The van der Waals surface area contributed by atoms with Crippen LogP contribution in [0.5, 0.6) is 11.6 Å². The minimum atomic E-state index is 0.504. The molecule has 0 atom stereocenters. The van der Waals surface area contributed by atoms with E-state index in [4.69, 9.17) is 22.1 Å². The first-order valence-corrected chi connectivity index (χ1v) is 8.80. The van der Waals surface area contributed by atoms with Crippen LogP contribution in [-0.4, -0.2) is 14.5 Å². The van der Waals surface area contributed by atoms with Gasteiger partial charge in [0, 0.05) is 31.5 Å². The van der Waals surface area contributed by atoms with Crippen molar-refractivity contribution in [2.75, 3.05) is 11.1 Å². The van der Waals surface area contributed by atoms with E-state index in [1.54, 1.807) is 18.3 Å². The van der Waals surface area contributed by atoms with Gasteiger partial charge in [-0.15, -0.1) is 0 Å². The first-order chi connectivity index (χ1) is 13.1. The molecule has 0 aliphatic carbocycles. The van der Waals surface area contributed by atoms with Gasteiger partial charge in [-0.25, -0.2) is 9.97 Å². The summed E-state index contributed by atoms with van der Waals surface area (Å²) in [6, 6.07) is 17.0. The molecule has 6 nitrogen and oxygen atoms in total. The van der Waals surface area contributed by atoms with Gasteiger partial charge in [0.25, 0.3) is 0 Å². The average Bonchev–Trinajstić information content (AvgIpc) is 2.98. The van der Waals surface area contributed by atoms with Crippen molar-refractivity contribution in [1.29, 1.82) is 0 Å². The average molecular weight is 380 g/mol. The van der Waals surface area contributed by atoms with Crippen molar-refractivity contribution in [3.63, 3.8) is 0 Å². The number of ether oxygens (including phenoxy) is 1. The molecule has 2 aromatic carbocycles. The zero-order chi connectivity index (χ0) is 18.8. The molecule has 0 bridgehead atoms. The molecule has 3 N–H and O–H groups in total. The Balaban J connectivity index is 1.43. The standard InChI is InChI=1S/C20H18ClN5O/c1-26-18-10-15(22)5-8-17(18)25-20(26)24-11-13-2-6-16(7-3-13)27-19-9-4-14(21)12-23-19/h2-10,12H,11,22H2,1H3,(H,24,25). The molecule has 0 saturated heterocycles. The van der Waals surface area contributed by atoms with Gasteiger partial charge in [-0.2, -0.15) is 0 Å². The number of hydrogen-bond donors (Lipinski definition) is 2. The Bertz CT molecular complexity index is 1070. The fraction of sp³-hybridized carbons (Fsp3) is 0.100. The van der Waals surface area contributed by atoms with Crippen LogP contribution in [0.25, 0.3) is 11.0 Å². The first kappa shape index (κ1) is 17.2. The molecule has 0 radical (unpaired) electrons. The summed E-state index contributed by atoms with van der Waals surface area (Å²) < 4.78 is 7.70. The molecule has 4 rings (SSSR count). The van der Waals surface area contributed by atoms with Crippen LogP contribution in [0.2, 0.25) is 5.02 Å². The van der Waals surface area contributed by atoms with Gasteiger partial charge >= 0.3 is 0 Å². The third-order valence-corrected chi connectivity index (χ3v) is 4.43. The van der Waals surface area contributed by atoms with E-state index in [0.29, 0.717) is 23.2 Å². The van der Waals surface area contributed by atoms with Gasteiger partial charge in [-0.05, 0) is 42.0 Å². The highest BCUT2D eigenvalue weighted by atomic mass is 35.5. The van der Waals surface area contributed by atoms with Gasteiger partial charge in [0.05, 0.1) is 16.1 Å². The SMILES string of the molecule is Cn1c(NCc2ccc(Oc3ccc(Cl)cn3)cc2)nc2ccc(N)cc21. The van der Waals surface area contributed by atoms with Gasteiger partial charge in [-0.1, -0.05) is 23.7 Å². The number of hydrogen-bond acceptors (Lipinski definition) is 5. The minimum Gasteiger partial charge on any atom is -0.439 e. The number of aryl methyl sites for hydroxylation is 1. The number of nitrogen functional groups attached to an aromatic ring is 1. The van der Waals surface area contributed by atoms with Crippen LogP contribution in [0, 0.1) is 0 Å². The molecular weight excluding hydrogens is 362 g/mol. The molecule has 0 spiro atoms. The van der Waals surface area contributed by atoms with E-state index in [0.717, 1.165) is 28.2 Å². The maximum atomic E-state index is 5.86. The van der Waals surface area contributed by atoms with Crippen LogP contribution in [0.3, 0.4) is 0 Å². The van der Waals surface area contributed by atoms with E-state index in [2.05, 4.69) is 15.3 Å². The van der Waals surface area contributed by atoms with Crippen molar-refractivity contribution < 1.29 is 4.74 Å². The lowest BCUT2D eigenvalue weighted by Crippen LogP contribution is -2.04. The molecule has 0 saturated carbocycles. The normalized spacial score (nSPS) is 10.9. The topological polar surface area (TPSA) is 78.0 Å². The van der Waals surface area contributed by atoms with Gasteiger partial charge < -0.3 is 20.4 Å². The molecule has 0 unspecified atom stereocenters. The quantitative estimate of drug-likeness (QED) is 0.495. The van der Waals surface area contributed by atoms with Crippen molar-refractivity contribution in [3.8, 4) is 11.6 Å². The maximum absolute atomic E-state index is 5.86. The Labute approximate surface area is 161 Å². The number of fused-ring (bicyclic) bond motifs is 1. The zero-order valence-electron chi connectivity index (χ0n) is 14.7. The Kier molecular flexibility index (Phi) is 4.56. The Morgan fingerprint density at radius 3 is 2.67 bits per heavy atom. The molecule has 0 aliphatic rings. The van der Waals surface area contributed by atoms with Crippen LogP contribution in [0.15, 0.2) is 60.8 Å². The highest BCUT2D eigenvalue weighted by molar-refractivity contribution is 6.30. The number of halogens is 1. The lowest BCUT2D eigenvalue weighted by atomic mass is 10.2. The highest BCUT2D eigenvalue weighted by Gasteiger charge is 2.08. The van der Waals surface area contributed by atoms with Crippen LogP contribution in [0.4, 0.5) is 11.6 Å². The fourth-order valence-corrected chi connectivity index (χ4v) is 2.88. The number of nitrogens with two attached hydrogens (primary N) is 1. The summed E-state index contributed by atoms with van der Waals surface area (Å²) in [5, 5.41) is 3.93. The molecule has 0 fully saturated rings. The second-order valence-electron chi connectivity index (χ2n) is 6.16. The van der Waals surface area contributed by atoms with Crippen molar-refractivity contribution >= 4 is 34.3 Å². The number of imidazole rings is 1. The second kappa shape index (κ2) is 7.17. The summed E-state index contributed by atoms with van der Waals surface area (Å²) in [4.78, 5) is 8.72. The van der Waals surface area contributed by atoms with E-state index in [-0.39, 0.29) is 0 Å².